The maximum Gasteiger partial charge on any atom is 0.0167 e. The van der Waals surface area contributed by atoms with Gasteiger partial charge in [0.2, 0.25) is 0 Å². The Morgan fingerprint density at radius 1 is 1.35 bits per heavy atom. The molecule has 0 radical (unpaired) electrons. The van der Waals surface area contributed by atoms with Gasteiger partial charge in [-0.25, -0.2) is 0 Å². The third-order valence-electron chi connectivity index (χ3n) is 5.54. The Morgan fingerprint density at radius 2 is 2.12 bits per heavy atom. The first-order chi connectivity index (χ1) is 8.19. The van der Waals surface area contributed by atoms with Gasteiger partial charge < -0.3 is 4.90 Å². The molecule has 1 aliphatic carbocycles. The molecule has 2 aliphatic rings. The average Bonchev–Trinajstić information content (AvgIpc) is 2.35. The van der Waals surface area contributed by atoms with Crippen molar-refractivity contribution in [3.05, 3.63) is 35.4 Å². The first-order valence-electron chi connectivity index (χ1n) is 6.97. The Labute approximate surface area is 105 Å². The van der Waals surface area contributed by atoms with Crippen LogP contribution < -0.4 is 0 Å². The van der Waals surface area contributed by atoms with E-state index in [9.17, 15) is 0 Å². The topological polar surface area (TPSA) is 3.24 Å². The fourth-order valence-electron chi connectivity index (χ4n) is 4.33. The molecule has 3 atom stereocenters. The minimum absolute atomic E-state index is 0.450. The van der Waals surface area contributed by atoms with Crippen molar-refractivity contribution in [1.82, 2.24) is 4.90 Å². The fraction of sp³-hybridized carbons (Fsp3) is 0.625. The lowest BCUT2D eigenvalue weighted by molar-refractivity contribution is 0.0386. The molecule has 0 N–H and O–H groups in total. The number of fused-ring (bicyclic) bond motifs is 4. The molecule has 1 heteroatoms. The van der Waals surface area contributed by atoms with E-state index in [-0.39, 0.29) is 0 Å². The van der Waals surface area contributed by atoms with Crippen molar-refractivity contribution in [2.24, 2.45) is 5.92 Å². The molecule has 0 unspecified atom stereocenters. The number of hydrogen-bond acceptors (Lipinski definition) is 1. The number of rotatable bonds is 1. The van der Waals surface area contributed by atoms with Gasteiger partial charge in [0.05, 0.1) is 0 Å². The summed E-state index contributed by atoms with van der Waals surface area (Å²) in [5, 5.41) is 0. The largest absolute Gasteiger partial charge is 0.303 e. The molecule has 0 spiro atoms. The Bertz CT molecular complexity index is 425. The van der Waals surface area contributed by atoms with E-state index in [0.717, 1.165) is 12.0 Å². The van der Waals surface area contributed by atoms with Gasteiger partial charge in [-0.15, -0.1) is 0 Å². The summed E-state index contributed by atoms with van der Waals surface area (Å²) in [5.41, 5.74) is 3.70. The Kier molecular flexibility index (Phi) is 2.55. The molecule has 2 bridgehead atoms. The number of nitrogens with zero attached hydrogens (tertiary/aromatic N) is 1. The minimum atomic E-state index is 0.450. The van der Waals surface area contributed by atoms with Crippen molar-refractivity contribution in [1.29, 1.82) is 0 Å². The molecule has 92 valence electrons. The van der Waals surface area contributed by atoms with E-state index in [1.165, 1.54) is 25.8 Å². The summed E-state index contributed by atoms with van der Waals surface area (Å²) in [6.45, 7) is 6.11. The van der Waals surface area contributed by atoms with Crippen LogP contribution in [0.25, 0.3) is 0 Å². The molecule has 1 heterocycles. The maximum absolute atomic E-state index is 2.58. The van der Waals surface area contributed by atoms with Crippen LogP contribution in [0.15, 0.2) is 24.3 Å². The summed E-state index contributed by atoms with van der Waals surface area (Å²) in [6.07, 6.45) is 3.86. The van der Waals surface area contributed by atoms with Gasteiger partial charge in [-0.3, -0.25) is 0 Å². The molecule has 1 aromatic rings. The van der Waals surface area contributed by atoms with Crippen molar-refractivity contribution < 1.29 is 0 Å². The van der Waals surface area contributed by atoms with E-state index in [1.54, 1.807) is 11.1 Å². The first-order valence-corrected chi connectivity index (χ1v) is 6.97. The molecule has 1 nitrogen and oxygen atoms in total. The van der Waals surface area contributed by atoms with Crippen LogP contribution in [0.2, 0.25) is 0 Å². The van der Waals surface area contributed by atoms with Crippen LogP contribution in [-0.2, 0) is 11.8 Å². The summed E-state index contributed by atoms with van der Waals surface area (Å²) in [6, 6.07) is 9.91. The molecule has 1 aromatic carbocycles. The molecular weight excluding hydrogens is 206 g/mol. The fourth-order valence-corrected chi connectivity index (χ4v) is 4.33. The smallest absolute Gasteiger partial charge is 0.0167 e. The summed E-state index contributed by atoms with van der Waals surface area (Å²) in [7, 11) is 2.30. The predicted molar refractivity (Wildman–Crippen MR) is 72.3 cm³/mol. The van der Waals surface area contributed by atoms with Crippen molar-refractivity contribution in [3.8, 4) is 0 Å². The lowest BCUT2D eigenvalue weighted by Crippen LogP contribution is -2.57. The van der Waals surface area contributed by atoms with Gasteiger partial charge in [0.1, 0.15) is 0 Å². The van der Waals surface area contributed by atoms with Crippen LogP contribution in [-0.4, -0.2) is 24.5 Å². The second kappa shape index (κ2) is 3.84. The molecular formula is C16H23N. The highest BCUT2D eigenvalue weighted by Gasteiger charge is 2.48. The SMILES string of the molecule is CC[C@@]12CCN(C)[C@@H](Cc3ccccc31)[C@H]2C. The molecule has 1 fully saturated rings. The molecule has 0 amide bonds. The second-order valence-electron chi connectivity index (χ2n) is 5.96. The minimum Gasteiger partial charge on any atom is -0.303 e. The van der Waals surface area contributed by atoms with Gasteiger partial charge in [0.25, 0.3) is 0 Å². The van der Waals surface area contributed by atoms with Gasteiger partial charge >= 0.3 is 0 Å². The van der Waals surface area contributed by atoms with Gasteiger partial charge in [-0.1, -0.05) is 38.1 Å². The van der Waals surface area contributed by atoms with Gasteiger partial charge in [-0.2, -0.15) is 0 Å². The molecule has 1 aliphatic heterocycles. The first kappa shape index (κ1) is 11.3. The van der Waals surface area contributed by atoms with Crippen molar-refractivity contribution >= 4 is 0 Å². The van der Waals surface area contributed by atoms with E-state index in [2.05, 4.69) is 50.1 Å². The molecule has 17 heavy (non-hydrogen) atoms. The van der Waals surface area contributed by atoms with Crippen molar-refractivity contribution in [3.63, 3.8) is 0 Å². The Balaban J connectivity index is 2.16. The molecule has 0 aromatic heterocycles. The van der Waals surface area contributed by atoms with E-state index in [0.29, 0.717) is 5.41 Å². The summed E-state index contributed by atoms with van der Waals surface area (Å²) in [4.78, 5) is 2.58. The van der Waals surface area contributed by atoms with Gasteiger partial charge in [0.15, 0.2) is 0 Å². The quantitative estimate of drug-likeness (QED) is 0.714. The third kappa shape index (κ3) is 1.41. The normalized spacial score (nSPS) is 36.6. The summed E-state index contributed by atoms with van der Waals surface area (Å²) >= 11 is 0. The molecule has 1 saturated heterocycles. The van der Waals surface area contributed by atoms with E-state index in [1.807, 2.05) is 0 Å². The number of hydrogen-bond donors (Lipinski definition) is 0. The van der Waals surface area contributed by atoms with Crippen LogP contribution in [0.5, 0.6) is 0 Å². The zero-order valence-electron chi connectivity index (χ0n) is 11.2. The monoisotopic (exact) mass is 229 g/mol. The summed E-state index contributed by atoms with van der Waals surface area (Å²) < 4.78 is 0. The lowest BCUT2D eigenvalue weighted by Gasteiger charge is -2.55. The highest BCUT2D eigenvalue weighted by atomic mass is 15.1. The van der Waals surface area contributed by atoms with E-state index < -0.39 is 0 Å². The number of benzene rings is 1. The number of likely N-dealkylation sites (N-methyl/N-ethyl adjacent to an activating group) is 1. The standard InChI is InChI=1S/C16H23N/c1-4-16-9-10-17(3)15(12(16)2)11-13-7-5-6-8-14(13)16/h5-8,12,15H,4,9-11H2,1-3H3/t12-,15+,16+/m1/s1. The molecule has 3 rings (SSSR count). The van der Waals surface area contributed by atoms with E-state index >= 15 is 0 Å². The van der Waals surface area contributed by atoms with Crippen LogP contribution >= 0.6 is 0 Å². The second-order valence-corrected chi connectivity index (χ2v) is 5.96. The Hall–Kier alpha value is -0.820. The van der Waals surface area contributed by atoms with Crippen LogP contribution in [0, 0.1) is 5.92 Å². The third-order valence-corrected chi connectivity index (χ3v) is 5.54. The van der Waals surface area contributed by atoms with E-state index in [4.69, 9.17) is 0 Å². The lowest BCUT2D eigenvalue weighted by atomic mass is 9.57. The maximum atomic E-state index is 2.58. The van der Waals surface area contributed by atoms with Crippen LogP contribution in [0.1, 0.15) is 37.8 Å². The zero-order valence-corrected chi connectivity index (χ0v) is 11.2. The zero-order chi connectivity index (χ0) is 12.0. The predicted octanol–water partition coefficient (Wildman–Crippen LogP) is 3.23. The van der Waals surface area contributed by atoms with Crippen molar-refractivity contribution in [2.45, 2.75) is 44.6 Å². The van der Waals surface area contributed by atoms with Gasteiger partial charge in [-0.05, 0) is 49.9 Å². The highest BCUT2D eigenvalue weighted by Crippen LogP contribution is 2.50. The summed E-state index contributed by atoms with van der Waals surface area (Å²) in [5.74, 6) is 0.793. The van der Waals surface area contributed by atoms with Gasteiger partial charge in [0, 0.05) is 11.5 Å². The van der Waals surface area contributed by atoms with Crippen LogP contribution in [0.3, 0.4) is 0 Å². The average molecular weight is 229 g/mol. The van der Waals surface area contributed by atoms with Crippen LogP contribution in [0.4, 0.5) is 0 Å². The number of piperidine rings is 1. The Morgan fingerprint density at radius 3 is 2.88 bits per heavy atom. The van der Waals surface area contributed by atoms with Crippen molar-refractivity contribution in [2.75, 3.05) is 13.6 Å². The number of likely N-dealkylation sites (tertiary alicyclic amines) is 1. The highest BCUT2D eigenvalue weighted by molar-refractivity contribution is 5.40. The molecule has 0 saturated carbocycles.